The van der Waals surface area contributed by atoms with Gasteiger partial charge in [-0.25, -0.2) is 0 Å². The van der Waals surface area contributed by atoms with Gasteiger partial charge in [0.25, 0.3) is 0 Å². The SMILES string of the molecule is O=C(C[N+]12CCN(CC1)CC2)c1cccc2ccccc12. The quantitative estimate of drug-likeness (QED) is 0.635. The van der Waals surface area contributed by atoms with Crippen LogP contribution in [0.3, 0.4) is 0 Å². The molecule has 0 radical (unpaired) electrons. The molecule has 5 rings (SSSR count). The molecule has 0 saturated carbocycles. The smallest absolute Gasteiger partial charge is 0.217 e. The van der Waals surface area contributed by atoms with Crippen LogP contribution in [0.15, 0.2) is 42.5 Å². The fourth-order valence-corrected chi connectivity index (χ4v) is 3.83. The Kier molecular flexibility index (Phi) is 3.05. The maximum absolute atomic E-state index is 12.9. The number of quaternary nitrogens is 1. The summed E-state index contributed by atoms with van der Waals surface area (Å²) in [5.41, 5.74) is 0.897. The zero-order chi connectivity index (χ0) is 14.3. The molecule has 0 amide bonds. The van der Waals surface area contributed by atoms with E-state index in [1.54, 1.807) is 0 Å². The molecular formula is C18H21N2O+. The zero-order valence-corrected chi connectivity index (χ0v) is 12.3. The Morgan fingerprint density at radius 3 is 2.38 bits per heavy atom. The molecule has 0 unspecified atom stereocenters. The molecule has 2 aromatic carbocycles. The van der Waals surface area contributed by atoms with Gasteiger partial charge >= 0.3 is 0 Å². The van der Waals surface area contributed by atoms with Crippen molar-refractivity contribution < 1.29 is 9.28 Å². The van der Waals surface area contributed by atoms with Crippen LogP contribution < -0.4 is 0 Å². The van der Waals surface area contributed by atoms with Gasteiger partial charge in [0.2, 0.25) is 5.78 Å². The first-order valence-corrected chi connectivity index (χ1v) is 7.84. The van der Waals surface area contributed by atoms with Crippen molar-refractivity contribution in [3.05, 3.63) is 48.0 Å². The van der Waals surface area contributed by atoms with E-state index in [4.69, 9.17) is 0 Å². The highest BCUT2D eigenvalue weighted by molar-refractivity contribution is 6.08. The van der Waals surface area contributed by atoms with E-state index in [9.17, 15) is 4.79 Å². The molecule has 3 heteroatoms. The van der Waals surface area contributed by atoms with Crippen molar-refractivity contribution in [2.45, 2.75) is 0 Å². The first-order chi connectivity index (χ1) is 10.3. The van der Waals surface area contributed by atoms with Crippen molar-refractivity contribution in [2.24, 2.45) is 0 Å². The highest BCUT2D eigenvalue weighted by Gasteiger charge is 2.40. The van der Waals surface area contributed by atoms with Crippen molar-refractivity contribution >= 4 is 16.6 Å². The highest BCUT2D eigenvalue weighted by Crippen LogP contribution is 2.23. The third-order valence-corrected chi connectivity index (χ3v) is 5.24. The summed E-state index contributed by atoms with van der Waals surface area (Å²) in [6.07, 6.45) is 0. The summed E-state index contributed by atoms with van der Waals surface area (Å²) in [5, 5.41) is 2.26. The predicted molar refractivity (Wildman–Crippen MR) is 84.4 cm³/mol. The Hall–Kier alpha value is -1.71. The van der Waals surface area contributed by atoms with E-state index in [-0.39, 0.29) is 0 Å². The molecular weight excluding hydrogens is 260 g/mol. The fourth-order valence-electron chi connectivity index (χ4n) is 3.83. The Labute approximate surface area is 125 Å². The number of hydrogen-bond donors (Lipinski definition) is 0. The van der Waals surface area contributed by atoms with Gasteiger partial charge in [-0.2, -0.15) is 0 Å². The highest BCUT2D eigenvalue weighted by atomic mass is 16.1. The number of fused-ring (bicyclic) bond motifs is 4. The fraction of sp³-hybridized carbons (Fsp3) is 0.389. The average molecular weight is 281 g/mol. The Balaban J connectivity index is 1.64. The molecule has 108 valence electrons. The van der Waals surface area contributed by atoms with E-state index in [1.165, 1.54) is 0 Å². The van der Waals surface area contributed by atoms with Crippen LogP contribution in [0, 0.1) is 0 Å². The van der Waals surface area contributed by atoms with Crippen molar-refractivity contribution in [3.8, 4) is 0 Å². The number of hydrogen-bond acceptors (Lipinski definition) is 2. The molecule has 0 atom stereocenters. The molecule has 3 heterocycles. The molecule has 2 bridgehead atoms. The molecule has 0 N–H and O–H groups in total. The van der Waals surface area contributed by atoms with E-state index in [1.807, 2.05) is 24.3 Å². The minimum Gasteiger partial charge on any atom is -0.314 e. The number of carbonyl (C=O) groups is 1. The van der Waals surface area contributed by atoms with Crippen molar-refractivity contribution in [2.75, 3.05) is 45.8 Å². The number of benzene rings is 2. The minimum absolute atomic E-state index is 0.308. The van der Waals surface area contributed by atoms with Crippen LogP contribution in [0.1, 0.15) is 10.4 Å². The van der Waals surface area contributed by atoms with Gasteiger partial charge in [0.05, 0.1) is 19.6 Å². The lowest BCUT2D eigenvalue weighted by Gasteiger charge is -2.50. The molecule has 3 fully saturated rings. The van der Waals surface area contributed by atoms with Gasteiger partial charge in [0, 0.05) is 25.2 Å². The number of rotatable bonds is 3. The zero-order valence-electron chi connectivity index (χ0n) is 12.3. The molecule has 3 nitrogen and oxygen atoms in total. The van der Waals surface area contributed by atoms with E-state index >= 15 is 0 Å². The maximum atomic E-state index is 12.9. The average Bonchev–Trinajstić information content (AvgIpc) is 2.55. The Morgan fingerprint density at radius 1 is 0.952 bits per heavy atom. The van der Waals surface area contributed by atoms with E-state index in [2.05, 4.69) is 23.1 Å². The van der Waals surface area contributed by atoms with Crippen LogP contribution in [-0.4, -0.2) is 61.0 Å². The summed E-state index contributed by atoms with van der Waals surface area (Å²) in [4.78, 5) is 15.4. The normalized spacial score (nSPS) is 27.9. The Bertz CT molecular complexity index is 667. The van der Waals surface area contributed by atoms with Crippen molar-refractivity contribution in [3.63, 3.8) is 0 Å². The second-order valence-corrected chi connectivity index (χ2v) is 6.46. The molecule has 2 aromatic rings. The second kappa shape index (κ2) is 4.93. The minimum atomic E-state index is 0.308. The summed E-state index contributed by atoms with van der Waals surface area (Å²) in [6.45, 7) is 7.54. The third kappa shape index (κ3) is 2.27. The lowest BCUT2D eigenvalue weighted by atomic mass is 9.99. The lowest BCUT2D eigenvalue weighted by Crippen LogP contribution is -2.68. The summed E-state index contributed by atoms with van der Waals surface area (Å²) < 4.78 is 0.999. The van der Waals surface area contributed by atoms with Gasteiger partial charge in [-0.3, -0.25) is 9.69 Å². The Morgan fingerprint density at radius 2 is 1.62 bits per heavy atom. The van der Waals surface area contributed by atoms with Crippen LogP contribution in [0.25, 0.3) is 10.8 Å². The van der Waals surface area contributed by atoms with Gasteiger partial charge in [0.15, 0.2) is 0 Å². The predicted octanol–water partition coefficient (Wildman–Crippen LogP) is 2.17. The van der Waals surface area contributed by atoms with Crippen LogP contribution in [-0.2, 0) is 0 Å². The standard InChI is InChI=1S/C18H21N2O/c21-18(14-20-11-8-19(9-12-20)10-13-20)17-7-3-5-15-4-1-2-6-16(15)17/h1-7H,8-14H2/q+1. The number of carbonyl (C=O) groups excluding carboxylic acids is 1. The summed E-state index contributed by atoms with van der Waals surface area (Å²) in [5.74, 6) is 0.308. The van der Waals surface area contributed by atoms with Gasteiger partial charge < -0.3 is 4.48 Å². The first kappa shape index (κ1) is 13.0. The van der Waals surface area contributed by atoms with Crippen molar-refractivity contribution in [1.82, 2.24) is 4.90 Å². The summed E-state index contributed by atoms with van der Waals surface area (Å²) in [7, 11) is 0. The molecule has 3 saturated heterocycles. The largest absolute Gasteiger partial charge is 0.314 e. The van der Waals surface area contributed by atoms with Crippen molar-refractivity contribution in [1.29, 1.82) is 0 Å². The number of nitrogens with zero attached hydrogens (tertiary/aromatic N) is 2. The molecule has 3 aliphatic rings. The lowest BCUT2D eigenvalue weighted by molar-refractivity contribution is -0.933. The monoisotopic (exact) mass is 281 g/mol. The summed E-state index contributed by atoms with van der Waals surface area (Å²) in [6, 6.07) is 14.3. The molecule has 0 aliphatic carbocycles. The third-order valence-electron chi connectivity index (χ3n) is 5.24. The molecule has 3 aliphatic heterocycles. The van der Waals surface area contributed by atoms with Gasteiger partial charge in [-0.15, -0.1) is 0 Å². The molecule has 0 spiro atoms. The van der Waals surface area contributed by atoms with Crippen LogP contribution >= 0.6 is 0 Å². The van der Waals surface area contributed by atoms with Crippen LogP contribution in [0.4, 0.5) is 0 Å². The number of Topliss-reactive ketones (excluding diaryl/α,β-unsaturated/α-hetero) is 1. The summed E-state index contributed by atoms with van der Waals surface area (Å²) >= 11 is 0. The van der Waals surface area contributed by atoms with Crippen LogP contribution in [0.2, 0.25) is 0 Å². The van der Waals surface area contributed by atoms with E-state index < -0.39 is 0 Å². The van der Waals surface area contributed by atoms with E-state index in [0.717, 1.165) is 60.1 Å². The van der Waals surface area contributed by atoms with Crippen LogP contribution in [0.5, 0.6) is 0 Å². The number of ketones is 1. The van der Waals surface area contributed by atoms with Gasteiger partial charge in [0.1, 0.15) is 6.54 Å². The topological polar surface area (TPSA) is 20.3 Å². The molecule has 21 heavy (non-hydrogen) atoms. The number of piperazine rings is 3. The van der Waals surface area contributed by atoms with Gasteiger partial charge in [-0.05, 0) is 10.8 Å². The first-order valence-electron chi connectivity index (χ1n) is 7.84. The second-order valence-electron chi connectivity index (χ2n) is 6.46. The van der Waals surface area contributed by atoms with E-state index in [0.29, 0.717) is 12.3 Å². The maximum Gasteiger partial charge on any atom is 0.217 e. The van der Waals surface area contributed by atoms with Gasteiger partial charge in [-0.1, -0.05) is 42.5 Å². The molecule has 0 aromatic heterocycles.